The summed E-state index contributed by atoms with van der Waals surface area (Å²) in [4.78, 5) is 16.8. The molecule has 3 N–H and O–H groups in total. The van der Waals surface area contributed by atoms with E-state index in [0.29, 0.717) is 0 Å². The summed E-state index contributed by atoms with van der Waals surface area (Å²) >= 11 is 0. The van der Waals surface area contributed by atoms with Crippen molar-refractivity contribution in [3.63, 3.8) is 0 Å². The number of pyridine rings is 1. The molecule has 0 saturated carbocycles. The summed E-state index contributed by atoms with van der Waals surface area (Å²) in [6.07, 6.45) is 7.23. The normalized spacial score (nSPS) is 20.6. The van der Waals surface area contributed by atoms with E-state index in [1.54, 1.807) is 12.4 Å². The van der Waals surface area contributed by atoms with Crippen LogP contribution >= 0.6 is 0 Å². The maximum absolute atomic E-state index is 12.7. The van der Waals surface area contributed by atoms with Gasteiger partial charge in [-0.25, -0.2) is 5.43 Å². The minimum atomic E-state index is -0.229. The second kappa shape index (κ2) is 7.90. The van der Waals surface area contributed by atoms with Crippen LogP contribution in [-0.4, -0.2) is 27.5 Å². The lowest BCUT2D eigenvalue weighted by Crippen LogP contribution is -2.44. The highest BCUT2D eigenvalue weighted by atomic mass is 16.2. The molecule has 0 bridgehead atoms. The first kappa shape index (κ1) is 17.7. The van der Waals surface area contributed by atoms with Crippen molar-refractivity contribution in [2.75, 3.05) is 0 Å². The smallest absolute Gasteiger partial charge is 0.239 e. The first-order chi connectivity index (χ1) is 13.2. The van der Waals surface area contributed by atoms with Gasteiger partial charge in [0.25, 0.3) is 0 Å². The molecular weight excluding hydrogens is 338 g/mol. The second-order valence-corrected chi connectivity index (χ2v) is 7.05. The monoisotopic (exact) mass is 363 g/mol. The third-order valence-corrected chi connectivity index (χ3v) is 5.23. The zero-order valence-electron chi connectivity index (χ0n) is 15.4. The van der Waals surface area contributed by atoms with E-state index in [1.165, 1.54) is 10.9 Å². The van der Waals surface area contributed by atoms with Crippen LogP contribution in [0.5, 0.6) is 0 Å². The van der Waals surface area contributed by atoms with Crippen LogP contribution in [0.2, 0.25) is 0 Å². The molecular formula is C21H25N5O. The van der Waals surface area contributed by atoms with Crippen molar-refractivity contribution < 1.29 is 4.79 Å². The van der Waals surface area contributed by atoms with E-state index in [-0.39, 0.29) is 24.0 Å². The number of benzene rings is 1. The molecule has 6 nitrogen and oxygen atoms in total. The number of nitrogens with zero attached hydrogens (tertiary/aromatic N) is 2. The van der Waals surface area contributed by atoms with Crippen LogP contribution in [0.25, 0.3) is 10.9 Å². The number of para-hydroxylation sites is 1. The minimum absolute atomic E-state index is 0.00902. The summed E-state index contributed by atoms with van der Waals surface area (Å²) in [7, 11) is 0. The summed E-state index contributed by atoms with van der Waals surface area (Å²) in [5.41, 5.74) is 8.74. The Hall–Kier alpha value is -2.70. The molecule has 1 aliphatic rings. The van der Waals surface area contributed by atoms with E-state index >= 15 is 0 Å². The van der Waals surface area contributed by atoms with Gasteiger partial charge in [0.1, 0.15) is 6.04 Å². The van der Waals surface area contributed by atoms with Gasteiger partial charge in [-0.05, 0) is 48.1 Å². The standard InChI is InChI=1S/C21H25N5O/c1-2-18(15-7-10-22-11-8-15)23-21(27)19-13-17(24-25-19)14-26-12-9-16-5-3-4-6-20(16)26/h3-12,17-19,24-25H,2,13-14H2,1H3,(H,23,27). The Labute approximate surface area is 159 Å². The number of amides is 1. The van der Waals surface area contributed by atoms with E-state index < -0.39 is 0 Å². The maximum Gasteiger partial charge on any atom is 0.239 e. The number of carbonyl (C=O) groups is 1. The van der Waals surface area contributed by atoms with Gasteiger partial charge in [0.2, 0.25) is 5.91 Å². The molecule has 0 aliphatic carbocycles. The fourth-order valence-electron chi connectivity index (χ4n) is 3.74. The van der Waals surface area contributed by atoms with Gasteiger partial charge in [0.05, 0.1) is 6.04 Å². The minimum Gasteiger partial charge on any atom is -0.348 e. The molecule has 0 radical (unpaired) electrons. The number of hydrogen-bond acceptors (Lipinski definition) is 4. The van der Waals surface area contributed by atoms with Crippen molar-refractivity contribution in [1.82, 2.24) is 25.7 Å². The van der Waals surface area contributed by atoms with Gasteiger partial charge in [-0.2, -0.15) is 0 Å². The lowest BCUT2D eigenvalue weighted by molar-refractivity contribution is -0.123. The predicted octanol–water partition coefficient (Wildman–Crippen LogP) is 2.54. The predicted molar refractivity (Wildman–Crippen MR) is 106 cm³/mol. The van der Waals surface area contributed by atoms with Crippen LogP contribution in [-0.2, 0) is 11.3 Å². The van der Waals surface area contributed by atoms with E-state index in [9.17, 15) is 4.79 Å². The summed E-state index contributed by atoms with van der Waals surface area (Å²) < 4.78 is 2.24. The highest BCUT2D eigenvalue weighted by molar-refractivity contribution is 5.82. The molecule has 3 aromatic rings. The molecule has 6 heteroatoms. The highest BCUT2D eigenvalue weighted by Crippen LogP contribution is 2.19. The molecule has 2 aromatic heterocycles. The van der Waals surface area contributed by atoms with Crippen LogP contribution in [0.4, 0.5) is 0 Å². The molecule has 27 heavy (non-hydrogen) atoms. The van der Waals surface area contributed by atoms with Gasteiger partial charge in [0.15, 0.2) is 0 Å². The Morgan fingerprint density at radius 1 is 1.22 bits per heavy atom. The number of hydrogen-bond donors (Lipinski definition) is 3. The fraction of sp³-hybridized carbons (Fsp3) is 0.333. The van der Waals surface area contributed by atoms with E-state index in [1.807, 2.05) is 12.1 Å². The Morgan fingerprint density at radius 2 is 2.04 bits per heavy atom. The number of carbonyl (C=O) groups excluding carboxylic acids is 1. The molecule has 1 fully saturated rings. The van der Waals surface area contributed by atoms with Crippen molar-refractivity contribution in [1.29, 1.82) is 0 Å². The van der Waals surface area contributed by atoms with Crippen molar-refractivity contribution in [3.05, 3.63) is 66.6 Å². The molecule has 4 rings (SSSR count). The topological polar surface area (TPSA) is 71.0 Å². The third kappa shape index (κ3) is 3.86. The second-order valence-electron chi connectivity index (χ2n) is 7.05. The first-order valence-corrected chi connectivity index (χ1v) is 9.50. The number of fused-ring (bicyclic) bond motifs is 1. The zero-order valence-corrected chi connectivity index (χ0v) is 15.4. The maximum atomic E-state index is 12.7. The molecule has 3 atom stereocenters. The van der Waals surface area contributed by atoms with Gasteiger partial charge in [-0.3, -0.25) is 15.2 Å². The number of rotatable bonds is 6. The molecule has 3 heterocycles. The fourth-order valence-corrected chi connectivity index (χ4v) is 3.74. The summed E-state index contributed by atoms with van der Waals surface area (Å²) in [6, 6.07) is 14.4. The van der Waals surface area contributed by atoms with E-state index in [4.69, 9.17) is 0 Å². The Bertz CT molecular complexity index is 907. The molecule has 1 saturated heterocycles. The van der Waals surface area contributed by atoms with Crippen LogP contribution in [0.1, 0.15) is 31.4 Å². The van der Waals surface area contributed by atoms with Crippen LogP contribution in [0.3, 0.4) is 0 Å². The van der Waals surface area contributed by atoms with Gasteiger partial charge in [0, 0.05) is 36.7 Å². The highest BCUT2D eigenvalue weighted by Gasteiger charge is 2.30. The van der Waals surface area contributed by atoms with Crippen LogP contribution in [0, 0.1) is 0 Å². The van der Waals surface area contributed by atoms with Gasteiger partial charge in [-0.15, -0.1) is 0 Å². The van der Waals surface area contributed by atoms with Gasteiger partial charge in [-0.1, -0.05) is 25.1 Å². The summed E-state index contributed by atoms with van der Waals surface area (Å²) in [6.45, 7) is 2.90. The quantitative estimate of drug-likeness (QED) is 0.629. The Balaban J connectivity index is 1.37. The van der Waals surface area contributed by atoms with Crippen molar-refractivity contribution in [2.24, 2.45) is 0 Å². The Kier molecular flexibility index (Phi) is 5.18. The average Bonchev–Trinajstić information content (AvgIpc) is 3.35. The Morgan fingerprint density at radius 3 is 2.85 bits per heavy atom. The molecule has 1 aromatic carbocycles. The van der Waals surface area contributed by atoms with E-state index in [0.717, 1.165) is 24.9 Å². The largest absolute Gasteiger partial charge is 0.348 e. The van der Waals surface area contributed by atoms with Crippen molar-refractivity contribution in [3.8, 4) is 0 Å². The summed E-state index contributed by atoms with van der Waals surface area (Å²) in [5.74, 6) is 0.0334. The van der Waals surface area contributed by atoms with Gasteiger partial charge < -0.3 is 9.88 Å². The van der Waals surface area contributed by atoms with Crippen LogP contribution in [0.15, 0.2) is 61.1 Å². The first-order valence-electron chi connectivity index (χ1n) is 9.50. The lowest BCUT2D eigenvalue weighted by atomic mass is 10.0. The number of nitrogens with one attached hydrogen (secondary N) is 3. The molecule has 1 aliphatic heterocycles. The third-order valence-electron chi connectivity index (χ3n) is 5.23. The molecule has 3 unspecified atom stereocenters. The number of hydrazine groups is 1. The molecule has 1 amide bonds. The molecule has 140 valence electrons. The average molecular weight is 363 g/mol. The SMILES string of the molecule is CCC(NC(=O)C1CC(Cn2ccc3ccccc32)NN1)c1ccncc1. The lowest BCUT2D eigenvalue weighted by Gasteiger charge is -2.19. The zero-order chi connectivity index (χ0) is 18.6. The number of aromatic nitrogens is 2. The van der Waals surface area contributed by atoms with Crippen molar-refractivity contribution >= 4 is 16.8 Å². The van der Waals surface area contributed by atoms with Gasteiger partial charge >= 0.3 is 0 Å². The summed E-state index contributed by atoms with van der Waals surface area (Å²) in [5, 5.41) is 4.39. The van der Waals surface area contributed by atoms with Crippen molar-refractivity contribution in [2.45, 2.75) is 44.4 Å². The van der Waals surface area contributed by atoms with E-state index in [2.05, 4.69) is 69.2 Å². The molecule has 0 spiro atoms. The van der Waals surface area contributed by atoms with Crippen LogP contribution < -0.4 is 16.2 Å².